The molecule has 1 amide bonds. The van der Waals surface area contributed by atoms with E-state index < -0.39 is 18.1 Å². The number of benzene rings is 3. The second-order valence-electron chi connectivity index (χ2n) is 9.15. The largest absolute Gasteiger partial charge is 0.489 e. The highest BCUT2D eigenvalue weighted by Crippen LogP contribution is 2.41. The van der Waals surface area contributed by atoms with Crippen molar-refractivity contribution in [1.29, 1.82) is 0 Å². The standard InChI is InChI=1S/C27H24Cl2N2O6/c1-30-13-25(16-3-5-19(6-4-16)36-14-15-2-7-20(28)21(29)8-15)37-24-11-18-12-31(27(34)35)23(26(32)33)10-17(18)9-22(24)30/h2-9,11,23,25H,10,12-14H2,1H3,(H,32,33)(H,34,35)/t23?,25-/m1/s1. The molecule has 0 saturated heterocycles. The van der Waals surface area contributed by atoms with E-state index >= 15 is 0 Å². The quantitative estimate of drug-likeness (QED) is 0.430. The molecule has 1 unspecified atom stereocenters. The molecular formula is C27H24Cl2N2O6. The summed E-state index contributed by atoms with van der Waals surface area (Å²) in [6, 6.07) is 15.7. The van der Waals surface area contributed by atoms with E-state index in [2.05, 4.69) is 4.90 Å². The Bertz CT molecular complexity index is 1360. The molecule has 2 atom stereocenters. The molecule has 2 heterocycles. The van der Waals surface area contributed by atoms with Crippen LogP contribution in [0.25, 0.3) is 0 Å². The molecule has 0 fully saturated rings. The van der Waals surface area contributed by atoms with E-state index in [0.29, 0.717) is 34.7 Å². The van der Waals surface area contributed by atoms with Crippen molar-refractivity contribution in [2.24, 2.45) is 0 Å². The monoisotopic (exact) mass is 542 g/mol. The molecular weight excluding hydrogens is 519 g/mol. The van der Waals surface area contributed by atoms with Crippen molar-refractivity contribution < 1.29 is 29.3 Å². The maximum atomic E-state index is 11.6. The van der Waals surface area contributed by atoms with Crippen LogP contribution in [0.3, 0.4) is 0 Å². The second-order valence-corrected chi connectivity index (χ2v) is 9.96. The maximum absolute atomic E-state index is 11.6. The van der Waals surface area contributed by atoms with Crippen molar-refractivity contribution in [1.82, 2.24) is 4.90 Å². The first-order valence-electron chi connectivity index (χ1n) is 11.6. The van der Waals surface area contributed by atoms with Crippen molar-refractivity contribution in [3.8, 4) is 11.5 Å². The molecule has 5 rings (SSSR count). The summed E-state index contributed by atoms with van der Waals surface area (Å²) in [5.41, 5.74) is 4.30. The highest BCUT2D eigenvalue weighted by molar-refractivity contribution is 6.42. The van der Waals surface area contributed by atoms with E-state index in [1.165, 1.54) is 0 Å². The van der Waals surface area contributed by atoms with Crippen LogP contribution < -0.4 is 14.4 Å². The number of ether oxygens (including phenoxy) is 2. The number of likely N-dealkylation sites (N-methyl/N-ethyl adjacent to an activating group) is 1. The fourth-order valence-electron chi connectivity index (χ4n) is 4.70. The van der Waals surface area contributed by atoms with Gasteiger partial charge in [0, 0.05) is 13.5 Å². The average molecular weight is 543 g/mol. The van der Waals surface area contributed by atoms with Crippen molar-refractivity contribution in [2.45, 2.75) is 31.7 Å². The Labute approximate surface area is 223 Å². The molecule has 10 heteroatoms. The number of halogens is 2. The summed E-state index contributed by atoms with van der Waals surface area (Å²) in [6.45, 7) is 0.948. The Morgan fingerprint density at radius 3 is 2.46 bits per heavy atom. The normalized spacial score (nSPS) is 18.5. The molecule has 8 nitrogen and oxygen atoms in total. The topological polar surface area (TPSA) is 99.5 Å². The molecule has 37 heavy (non-hydrogen) atoms. The highest BCUT2D eigenvalue weighted by atomic mass is 35.5. The van der Waals surface area contributed by atoms with Gasteiger partial charge in [0.1, 0.15) is 30.3 Å². The van der Waals surface area contributed by atoms with Crippen molar-refractivity contribution in [3.05, 3.63) is 86.9 Å². The Morgan fingerprint density at radius 1 is 1.03 bits per heavy atom. The Morgan fingerprint density at radius 2 is 1.78 bits per heavy atom. The molecule has 0 aliphatic carbocycles. The van der Waals surface area contributed by atoms with Gasteiger partial charge in [-0.15, -0.1) is 0 Å². The van der Waals surface area contributed by atoms with Crippen molar-refractivity contribution in [2.75, 3.05) is 18.5 Å². The molecule has 2 aliphatic heterocycles. The molecule has 3 aromatic rings. The first kappa shape index (κ1) is 25.0. The summed E-state index contributed by atoms with van der Waals surface area (Å²) in [7, 11) is 1.95. The van der Waals surface area contributed by atoms with Crippen molar-refractivity contribution >= 4 is 41.0 Å². The third kappa shape index (κ3) is 5.12. The fraction of sp³-hybridized carbons (Fsp3) is 0.259. The van der Waals surface area contributed by atoms with Gasteiger partial charge in [0.2, 0.25) is 0 Å². The average Bonchev–Trinajstić information content (AvgIpc) is 2.87. The van der Waals surface area contributed by atoms with Crippen LogP contribution in [-0.4, -0.2) is 46.8 Å². The Balaban J connectivity index is 1.31. The van der Waals surface area contributed by atoms with Crippen LogP contribution in [0.1, 0.15) is 28.4 Å². The lowest BCUT2D eigenvalue weighted by Gasteiger charge is -2.37. The number of hydrogen-bond donors (Lipinski definition) is 2. The van der Waals surface area contributed by atoms with Gasteiger partial charge in [-0.3, -0.25) is 4.90 Å². The predicted molar refractivity (Wildman–Crippen MR) is 139 cm³/mol. The Hall–Kier alpha value is -3.62. The smallest absolute Gasteiger partial charge is 0.408 e. The molecule has 0 bridgehead atoms. The number of amides is 1. The van der Waals surface area contributed by atoms with E-state index in [4.69, 9.17) is 32.7 Å². The zero-order chi connectivity index (χ0) is 26.3. The Kier molecular flexibility index (Phi) is 6.79. The molecule has 0 saturated carbocycles. The van der Waals surface area contributed by atoms with E-state index in [0.717, 1.165) is 32.8 Å². The van der Waals surface area contributed by atoms with Crippen LogP contribution in [0.4, 0.5) is 10.5 Å². The number of carboxylic acids is 1. The van der Waals surface area contributed by atoms with Crippen LogP contribution in [0.5, 0.6) is 11.5 Å². The molecule has 192 valence electrons. The van der Waals surface area contributed by atoms with Gasteiger partial charge in [-0.05, 0) is 58.7 Å². The van der Waals surface area contributed by atoms with E-state index in [1.807, 2.05) is 49.5 Å². The molecule has 0 radical (unpaired) electrons. The third-order valence-corrected chi connectivity index (χ3v) is 7.44. The van der Waals surface area contributed by atoms with Gasteiger partial charge in [-0.2, -0.15) is 0 Å². The first-order valence-corrected chi connectivity index (χ1v) is 12.4. The molecule has 0 aromatic heterocycles. The van der Waals surface area contributed by atoms with E-state index in [9.17, 15) is 19.8 Å². The molecule has 2 N–H and O–H groups in total. The zero-order valence-electron chi connectivity index (χ0n) is 19.9. The third-order valence-electron chi connectivity index (χ3n) is 6.70. The van der Waals surface area contributed by atoms with Gasteiger partial charge in [-0.25, -0.2) is 9.59 Å². The number of carbonyl (C=O) groups is 2. The minimum atomic E-state index is -1.26. The van der Waals surface area contributed by atoms with Crippen LogP contribution in [0.15, 0.2) is 54.6 Å². The van der Waals surface area contributed by atoms with Gasteiger partial charge in [0.15, 0.2) is 0 Å². The predicted octanol–water partition coefficient (Wildman–Crippen LogP) is 5.63. The number of anilines is 1. The van der Waals surface area contributed by atoms with Crippen LogP contribution in [-0.2, 0) is 24.4 Å². The number of rotatable bonds is 5. The molecule has 2 aliphatic rings. The van der Waals surface area contributed by atoms with Gasteiger partial charge < -0.3 is 24.6 Å². The highest BCUT2D eigenvalue weighted by Gasteiger charge is 2.36. The zero-order valence-corrected chi connectivity index (χ0v) is 21.4. The number of carboxylic acid groups (broad SMARTS) is 2. The van der Waals surface area contributed by atoms with E-state index in [1.54, 1.807) is 12.1 Å². The number of hydrogen-bond acceptors (Lipinski definition) is 5. The lowest BCUT2D eigenvalue weighted by molar-refractivity contribution is -0.143. The SMILES string of the molecule is CN1C[C@H](c2ccc(OCc3ccc(Cl)c(Cl)c3)cc2)Oc2cc3c(cc21)CC(C(=O)O)N(C(=O)O)C3. The number of fused-ring (bicyclic) bond motifs is 2. The summed E-state index contributed by atoms with van der Waals surface area (Å²) in [5.74, 6) is 0.187. The second kappa shape index (κ2) is 10.0. The molecule has 0 spiro atoms. The van der Waals surface area contributed by atoms with Crippen LogP contribution in [0, 0.1) is 0 Å². The lowest BCUT2D eigenvalue weighted by Crippen LogP contribution is -2.48. The van der Waals surface area contributed by atoms with Gasteiger partial charge in [0.25, 0.3) is 0 Å². The summed E-state index contributed by atoms with van der Waals surface area (Å²) < 4.78 is 12.2. The van der Waals surface area contributed by atoms with Gasteiger partial charge >= 0.3 is 12.1 Å². The van der Waals surface area contributed by atoms with Crippen LogP contribution in [0.2, 0.25) is 10.0 Å². The minimum absolute atomic E-state index is 0.00246. The minimum Gasteiger partial charge on any atom is -0.489 e. The molecule has 3 aromatic carbocycles. The summed E-state index contributed by atoms with van der Waals surface area (Å²) in [6.07, 6.45) is -1.38. The van der Waals surface area contributed by atoms with Gasteiger partial charge in [0.05, 0.1) is 28.8 Å². The summed E-state index contributed by atoms with van der Waals surface area (Å²) in [4.78, 5) is 26.3. The number of aliphatic carboxylic acids is 1. The van der Waals surface area contributed by atoms with Crippen LogP contribution >= 0.6 is 23.2 Å². The van der Waals surface area contributed by atoms with Crippen molar-refractivity contribution in [3.63, 3.8) is 0 Å². The van der Waals surface area contributed by atoms with Gasteiger partial charge in [-0.1, -0.05) is 41.4 Å². The van der Waals surface area contributed by atoms with E-state index in [-0.39, 0.29) is 19.1 Å². The fourth-order valence-corrected chi connectivity index (χ4v) is 5.02. The first-order chi connectivity index (χ1) is 17.7. The maximum Gasteiger partial charge on any atom is 0.408 e. The summed E-state index contributed by atoms with van der Waals surface area (Å²) in [5, 5.41) is 20.0. The summed E-state index contributed by atoms with van der Waals surface area (Å²) >= 11 is 12.0. The lowest BCUT2D eigenvalue weighted by atomic mass is 9.92. The number of nitrogens with zero attached hydrogens (tertiary/aromatic N) is 2.